The van der Waals surface area contributed by atoms with Crippen molar-refractivity contribution in [1.29, 1.82) is 0 Å². The van der Waals surface area contributed by atoms with Crippen molar-refractivity contribution >= 4 is 5.97 Å². The van der Waals surface area contributed by atoms with Gasteiger partial charge in [-0.05, 0) is 30.6 Å². The smallest absolute Gasteiger partial charge is 0.305 e. The van der Waals surface area contributed by atoms with Crippen molar-refractivity contribution in [3.63, 3.8) is 0 Å². The lowest BCUT2D eigenvalue weighted by Gasteiger charge is -2.38. The highest BCUT2D eigenvalue weighted by molar-refractivity contribution is 5.68. The predicted octanol–water partition coefficient (Wildman–Crippen LogP) is 1.89. The first-order valence-electron chi connectivity index (χ1n) is 6.68. The van der Waals surface area contributed by atoms with Crippen molar-refractivity contribution in [1.82, 2.24) is 15.0 Å². The van der Waals surface area contributed by atoms with Crippen LogP contribution < -0.4 is 0 Å². The van der Waals surface area contributed by atoms with E-state index in [2.05, 4.69) is 17.2 Å². The van der Waals surface area contributed by atoms with Crippen LogP contribution in [-0.4, -0.2) is 27.6 Å². The molecular formula is C13H21N3O2. The molecule has 2 rings (SSSR count). The van der Waals surface area contributed by atoms with E-state index in [-0.39, 0.29) is 5.97 Å². The van der Waals surface area contributed by atoms with E-state index in [0.717, 1.165) is 6.54 Å². The number of esters is 1. The SMILES string of the molecule is CCC(=O)OCC(C)C1CC(Cn2ccnn2)C1. The molecule has 100 valence electrons. The van der Waals surface area contributed by atoms with Crippen molar-refractivity contribution in [2.45, 2.75) is 39.7 Å². The second-order valence-electron chi connectivity index (χ2n) is 5.24. The van der Waals surface area contributed by atoms with E-state index in [1.54, 1.807) is 6.20 Å². The molecule has 1 fully saturated rings. The van der Waals surface area contributed by atoms with E-state index in [9.17, 15) is 4.79 Å². The molecule has 1 aliphatic carbocycles. The van der Waals surface area contributed by atoms with Gasteiger partial charge in [-0.25, -0.2) is 0 Å². The molecule has 1 aliphatic rings. The van der Waals surface area contributed by atoms with Crippen molar-refractivity contribution < 1.29 is 9.53 Å². The maximum Gasteiger partial charge on any atom is 0.305 e. The summed E-state index contributed by atoms with van der Waals surface area (Å²) in [5, 5.41) is 7.78. The fourth-order valence-corrected chi connectivity index (χ4v) is 2.46. The summed E-state index contributed by atoms with van der Waals surface area (Å²) in [5.74, 6) is 1.75. The number of nitrogens with zero attached hydrogens (tertiary/aromatic N) is 3. The third-order valence-corrected chi connectivity index (χ3v) is 3.79. The molecule has 18 heavy (non-hydrogen) atoms. The quantitative estimate of drug-likeness (QED) is 0.724. The minimum atomic E-state index is -0.0969. The Hall–Kier alpha value is -1.39. The fraction of sp³-hybridized carbons (Fsp3) is 0.769. The lowest BCUT2D eigenvalue weighted by Crippen LogP contribution is -2.34. The zero-order chi connectivity index (χ0) is 13.0. The number of ether oxygens (including phenoxy) is 1. The first-order chi connectivity index (χ1) is 8.69. The molecule has 1 saturated carbocycles. The van der Waals surface area contributed by atoms with Crippen LogP contribution in [0, 0.1) is 17.8 Å². The Morgan fingerprint density at radius 3 is 2.94 bits per heavy atom. The Balaban J connectivity index is 1.64. The molecule has 0 bridgehead atoms. The minimum absolute atomic E-state index is 0.0969. The predicted molar refractivity (Wildman–Crippen MR) is 66.7 cm³/mol. The van der Waals surface area contributed by atoms with Gasteiger partial charge in [0.15, 0.2) is 0 Å². The summed E-state index contributed by atoms with van der Waals surface area (Å²) in [5.41, 5.74) is 0. The maximum absolute atomic E-state index is 11.1. The molecule has 5 nitrogen and oxygen atoms in total. The average Bonchev–Trinajstić information content (AvgIpc) is 2.82. The van der Waals surface area contributed by atoms with Gasteiger partial charge >= 0.3 is 5.97 Å². The third kappa shape index (κ3) is 3.31. The highest BCUT2D eigenvalue weighted by atomic mass is 16.5. The normalized spacial score (nSPS) is 24.3. The van der Waals surface area contributed by atoms with Gasteiger partial charge in [0, 0.05) is 19.2 Å². The Kier molecular flexibility index (Phi) is 4.33. The largest absolute Gasteiger partial charge is 0.465 e. The molecule has 0 amide bonds. The lowest BCUT2D eigenvalue weighted by atomic mass is 9.69. The van der Waals surface area contributed by atoms with Crippen LogP contribution in [0.25, 0.3) is 0 Å². The molecule has 1 heterocycles. The van der Waals surface area contributed by atoms with Gasteiger partial charge < -0.3 is 4.74 Å². The van der Waals surface area contributed by atoms with E-state index in [0.29, 0.717) is 30.8 Å². The summed E-state index contributed by atoms with van der Waals surface area (Å²) in [6.07, 6.45) is 6.48. The van der Waals surface area contributed by atoms with Crippen LogP contribution in [0.4, 0.5) is 0 Å². The molecule has 0 N–H and O–H groups in total. The van der Waals surface area contributed by atoms with Gasteiger partial charge in [0.25, 0.3) is 0 Å². The third-order valence-electron chi connectivity index (χ3n) is 3.79. The molecule has 0 saturated heterocycles. The highest BCUT2D eigenvalue weighted by Gasteiger charge is 2.33. The summed E-state index contributed by atoms with van der Waals surface area (Å²) in [7, 11) is 0. The van der Waals surface area contributed by atoms with Crippen molar-refractivity contribution in [2.75, 3.05) is 6.61 Å². The molecule has 0 aromatic carbocycles. The second-order valence-corrected chi connectivity index (χ2v) is 5.24. The van der Waals surface area contributed by atoms with Crippen LogP contribution >= 0.6 is 0 Å². The van der Waals surface area contributed by atoms with Gasteiger partial charge in [0.1, 0.15) is 0 Å². The Morgan fingerprint density at radius 2 is 2.33 bits per heavy atom. The monoisotopic (exact) mass is 251 g/mol. The van der Waals surface area contributed by atoms with Crippen LogP contribution in [0.3, 0.4) is 0 Å². The zero-order valence-electron chi connectivity index (χ0n) is 11.1. The first-order valence-corrected chi connectivity index (χ1v) is 6.68. The van der Waals surface area contributed by atoms with E-state index >= 15 is 0 Å². The number of hydrogen-bond donors (Lipinski definition) is 0. The zero-order valence-corrected chi connectivity index (χ0v) is 11.1. The first kappa shape index (κ1) is 13.1. The van der Waals surface area contributed by atoms with Gasteiger partial charge in [-0.2, -0.15) is 0 Å². The van der Waals surface area contributed by atoms with E-state index < -0.39 is 0 Å². The molecule has 1 atom stereocenters. The molecule has 1 unspecified atom stereocenters. The van der Waals surface area contributed by atoms with Gasteiger partial charge in [-0.15, -0.1) is 5.10 Å². The lowest BCUT2D eigenvalue weighted by molar-refractivity contribution is -0.145. The standard InChI is InChI=1S/C13H21N3O2/c1-3-13(17)18-9-10(2)12-6-11(7-12)8-16-5-4-14-15-16/h4-5,10-12H,3,6-9H2,1-2H3. The van der Waals surface area contributed by atoms with Crippen LogP contribution in [0.2, 0.25) is 0 Å². The minimum Gasteiger partial charge on any atom is -0.465 e. The van der Waals surface area contributed by atoms with Crippen molar-refractivity contribution in [3.05, 3.63) is 12.4 Å². The number of carbonyl (C=O) groups is 1. The fourth-order valence-electron chi connectivity index (χ4n) is 2.46. The van der Waals surface area contributed by atoms with Gasteiger partial charge in [0.2, 0.25) is 0 Å². The van der Waals surface area contributed by atoms with Crippen LogP contribution in [0.15, 0.2) is 12.4 Å². The van der Waals surface area contributed by atoms with Crippen LogP contribution in [0.5, 0.6) is 0 Å². The highest BCUT2D eigenvalue weighted by Crippen LogP contribution is 2.39. The summed E-state index contributed by atoms with van der Waals surface area (Å²) in [6.45, 7) is 5.51. The molecule has 0 aliphatic heterocycles. The summed E-state index contributed by atoms with van der Waals surface area (Å²) in [4.78, 5) is 11.1. The summed E-state index contributed by atoms with van der Waals surface area (Å²) < 4.78 is 7.08. The number of carbonyl (C=O) groups excluding carboxylic acids is 1. The molecule has 1 aromatic rings. The van der Waals surface area contributed by atoms with Crippen LogP contribution in [0.1, 0.15) is 33.1 Å². The number of rotatable bonds is 6. The van der Waals surface area contributed by atoms with E-state index in [1.807, 2.05) is 17.8 Å². The van der Waals surface area contributed by atoms with Gasteiger partial charge in [0.05, 0.1) is 12.8 Å². The maximum atomic E-state index is 11.1. The summed E-state index contributed by atoms with van der Waals surface area (Å²) >= 11 is 0. The average molecular weight is 251 g/mol. The van der Waals surface area contributed by atoms with Crippen molar-refractivity contribution in [3.8, 4) is 0 Å². The number of hydrogen-bond acceptors (Lipinski definition) is 4. The van der Waals surface area contributed by atoms with E-state index in [4.69, 9.17) is 4.74 Å². The summed E-state index contributed by atoms with van der Waals surface area (Å²) in [6, 6.07) is 0. The molecule has 5 heteroatoms. The van der Waals surface area contributed by atoms with Gasteiger partial charge in [-0.1, -0.05) is 19.1 Å². The Bertz CT molecular complexity index is 372. The number of aromatic nitrogens is 3. The second kappa shape index (κ2) is 5.98. The molecule has 0 radical (unpaired) electrons. The van der Waals surface area contributed by atoms with Gasteiger partial charge in [-0.3, -0.25) is 9.48 Å². The van der Waals surface area contributed by atoms with E-state index in [1.165, 1.54) is 12.8 Å². The molecule has 0 spiro atoms. The molecule has 1 aromatic heterocycles. The molecular weight excluding hydrogens is 230 g/mol. The Morgan fingerprint density at radius 1 is 1.56 bits per heavy atom. The van der Waals surface area contributed by atoms with Crippen LogP contribution in [-0.2, 0) is 16.1 Å². The Labute approximate surface area is 108 Å². The van der Waals surface area contributed by atoms with Crippen molar-refractivity contribution in [2.24, 2.45) is 17.8 Å². The topological polar surface area (TPSA) is 57.0 Å².